The van der Waals surface area contributed by atoms with Crippen molar-refractivity contribution in [2.45, 2.75) is 6.54 Å². The van der Waals surface area contributed by atoms with Crippen LogP contribution < -0.4 is 9.47 Å². The Hall–Kier alpha value is -4.56. The highest BCUT2D eigenvalue weighted by Crippen LogP contribution is 2.34. The number of para-hydroxylation sites is 1. The maximum atomic E-state index is 13.3. The summed E-state index contributed by atoms with van der Waals surface area (Å²) in [6.45, 7) is 0.254. The molecule has 3 aromatic carbocycles. The molecule has 0 saturated carbocycles. The highest BCUT2D eigenvalue weighted by molar-refractivity contribution is 8.18. The third-order valence-electron chi connectivity index (χ3n) is 5.38. The second-order valence-corrected chi connectivity index (χ2v) is 8.98. The number of ether oxygens (including phenoxy) is 2. The largest absolute Gasteiger partial charge is 0.497 e. The number of carbonyl (C=O) groups excluding carboxylic acids is 1. The van der Waals surface area contributed by atoms with Gasteiger partial charge in [-0.25, -0.2) is 0 Å². The third kappa shape index (κ3) is 6.17. The Morgan fingerprint density at radius 1 is 0.892 bits per heavy atom. The van der Waals surface area contributed by atoms with Crippen LogP contribution in [0.4, 0.5) is 0 Å². The number of nitrogens with zero attached hydrogens (tertiary/aromatic N) is 3. The van der Waals surface area contributed by atoms with Gasteiger partial charge in [0.25, 0.3) is 5.91 Å². The number of carbonyl (C=O) groups is 1. The average molecular weight is 510 g/mol. The number of thioether (sulfide) groups is 1. The van der Waals surface area contributed by atoms with Gasteiger partial charge in [-0.1, -0.05) is 30.3 Å². The van der Waals surface area contributed by atoms with Gasteiger partial charge in [-0.05, 0) is 89.6 Å². The van der Waals surface area contributed by atoms with E-state index >= 15 is 0 Å². The second kappa shape index (κ2) is 11.5. The van der Waals surface area contributed by atoms with Crippen LogP contribution in [0.2, 0.25) is 0 Å². The molecule has 0 aliphatic carbocycles. The van der Waals surface area contributed by atoms with E-state index in [-0.39, 0.29) is 12.5 Å². The Balaban J connectivity index is 1.38. The SMILES string of the molecule is COc1ccc(/C=N/N=C2\S/C(=C\c3cccc(Oc4ccccc4)c3)C(=O)N2Cc2ccco2)cc1. The molecule has 1 aliphatic rings. The van der Waals surface area contributed by atoms with Crippen LogP contribution in [-0.2, 0) is 11.3 Å². The molecule has 5 rings (SSSR count). The summed E-state index contributed by atoms with van der Waals surface area (Å²) in [7, 11) is 1.62. The first kappa shape index (κ1) is 24.1. The van der Waals surface area contributed by atoms with Gasteiger partial charge in [0.2, 0.25) is 0 Å². The van der Waals surface area contributed by atoms with Gasteiger partial charge in [-0.2, -0.15) is 5.10 Å². The van der Waals surface area contributed by atoms with E-state index in [2.05, 4.69) is 10.2 Å². The van der Waals surface area contributed by atoms with Gasteiger partial charge in [0, 0.05) is 0 Å². The molecule has 7 nitrogen and oxygen atoms in total. The molecule has 2 heterocycles. The highest BCUT2D eigenvalue weighted by Gasteiger charge is 2.34. The topological polar surface area (TPSA) is 76.6 Å². The molecular formula is C29H23N3O4S. The highest BCUT2D eigenvalue weighted by atomic mass is 32.2. The summed E-state index contributed by atoms with van der Waals surface area (Å²) >= 11 is 1.27. The van der Waals surface area contributed by atoms with Crippen molar-refractivity contribution in [3.8, 4) is 17.2 Å². The predicted octanol–water partition coefficient (Wildman–Crippen LogP) is 6.59. The fourth-order valence-electron chi connectivity index (χ4n) is 3.56. The van der Waals surface area contributed by atoms with Gasteiger partial charge >= 0.3 is 0 Å². The first-order chi connectivity index (χ1) is 18.2. The number of hydrogen-bond donors (Lipinski definition) is 0. The second-order valence-electron chi connectivity index (χ2n) is 7.97. The zero-order chi connectivity index (χ0) is 25.5. The normalized spacial score (nSPS) is 15.7. The number of rotatable bonds is 8. The van der Waals surface area contributed by atoms with E-state index in [0.29, 0.717) is 21.6 Å². The van der Waals surface area contributed by atoms with Crippen LogP contribution in [0.15, 0.2) is 117 Å². The number of amidine groups is 1. The van der Waals surface area contributed by atoms with E-state index in [0.717, 1.165) is 22.6 Å². The molecule has 0 radical (unpaired) electrons. The van der Waals surface area contributed by atoms with Crippen molar-refractivity contribution in [2.24, 2.45) is 10.2 Å². The molecule has 37 heavy (non-hydrogen) atoms. The number of methoxy groups -OCH3 is 1. The monoisotopic (exact) mass is 509 g/mol. The first-order valence-electron chi connectivity index (χ1n) is 11.5. The van der Waals surface area contributed by atoms with Crippen LogP contribution >= 0.6 is 11.8 Å². The van der Waals surface area contributed by atoms with E-state index in [1.54, 1.807) is 30.6 Å². The number of furan rings is 1. The summed E-state index contributed by atoms with van der Waals surface area (Å²) < 4.78 is 16.6. The molecule has 0 bridgehead atoms. The smallest absolute Gasteiger partial charge is 0.267 e. The van der Waals surface area contributed by atoms with E-state index < -0.39 is 0 Å². The summed E-state index contributed by atoms with van der Waals surface area (Å²) in [6.07, 6.45) is 5.04. The Morgan fingerprint density at radius 2 is 1.70 bits per heavy atom. The van der Waals surface area contributed by atoms with Crippen LogP contribution in [0.5, 0.6) is 17.2 Å². The fourth-order valence-corrected chi connectivity index (χ4v) is 4.49. The van der Waals surface area contributed by atoms with Crippen LogP contribution in [-0.4, -0.2) is 29.3 Å². The lowest BCUT2D eigenvalue weighted by atomic mass is 10.2. The van der Waals surface area contributed by atoms with E-state index in [1.165, 1.54) is 11.8 Å². The Morgan fingerprint density at radius 3 is 2.46 bits per heavy atom. The molecule has 1 fully saturated rings. The molecule has 8 heteroatoms. The average Bonchev–Trinajstić information content (AvgIpc) is 3.54. The lowest BCUT2D eigenvalue weighted by Gasteiger charge is -2.12. The molecule has 0 atom stereocenters. The van der Waals surface area contributed by atoms with E-state index in [9.17, 15) is 4.79 Å². The van der Waals surface area contributed by atoms with Crippen LogP contribution in [0.3, 0.4) is 0 Å². The summed E-state index contributed by atoms with van der Waals surface area (Å²) in [5, 5.41) is 9.05. The summed E-state index contributed by atoms with van der Waals surface area (Å²) in [5.41, 5.74) is 1.70. The molecule has 1 aromatic heterocycles. The van der Waals surface area contributed by atoms with Crippen molar-refractivity contribution < 1.29 is 18.7 Å². The summed E-state index contributed by atoms with van der Waals surface area (Å²) in [5.74, 6) is 2.67. The molecule has 1 saturated heterocycles. The Labute approximate surface area is 218 Å². The summed E-state index contributed by atoms with van der Waals surface area (Å²) in [4.78, 5) is 15.4. The molecule has 0 unspecified atom stereocenters. The maximum absolute atomic E-state index is 13.3. The lowest BCUT2D eigenvalue weighted by molar-refractivity contribution is -0.122. The predicted molar refractivity (Wildman–Crippen MR) is 146 cm³/mol. The van der Waals surface area contributed by atoms with Crippen LogP contribution in [0.25, 0.3) is 6.08 Å². The summed E-state index contributed by atoms with van der Waals surface area (Å²) in [6, 6.07) is 28.2. The van der Waals surface area contributed by atoms with Crippen molar-refractivity contribution >= 4 is 35.1 Å². The molecule has 1 amide bonds. The molecule has 1 aliphatic heterocycles. The van der Waals surface area contributed by atoms with Crippen molar-refractivity contribution in [1.29, 1.82) is 0 Å². The number of benzene rings is 3. The Bertz CT molecular complexity index is 1450. The van der Waals surface area contributed by atoms with Gasteiger partial charge in [0.05, 0.1) is 31.0 Å². The minimum absolute atomic E-state index is 0.172. The van der Waals surface area contributed by atoms with Gasteiger partial charge in [-0.3, -0.25) is 9.69 Å². The van der Waals surface area contributed by atoms with Crippen molar-refractivity contribution in [3.63, 3.8) is 0 Å². The van der Waals surface area contributed by atoms with Crippen molar-refractivity contribution in [1.82, 2.24) is 4.90 Å². The minimum Gasteiger partial charge on any atom is -0.497 e. The number of hydrogen-bond acceptors (Lipinski definition) is 7. The quantitative estimate of drug-likeness (QED) is 0.152. The molecule has 0 N–H and O–H groups in total. The van der Waals surface area contributed by atoms with Gasteiger partial charge in [0.15, 0.2) is 5.17 Å². The van der Waals surface area contributed by atoms with Crippen LogP contribution in [0, 0.1) is 0 Å². The zero-order valence-corrected chi connectivity index (χ0v) is 20.8. The van der Waals surface area contributed by atoms with E-state index in [1.807, 2.05) is 91.0 Å². The van der Waals surface area contributed by atoms with Gasteiger partial charge in [0.1, 0.15) is 23.0 Å². The molecule has 184 valence electrons. The molecule has 4 aromatic rings. The standard InChI is InChI=1S/C29H23N3O4S/c1-34-23-14-12-21(13-15-23)19-30-31-29-32(20-26-11-6-16-35-26)28(33)27(37-29)18-22-7-5-10-25(17-22)36-24-8-3-2-4-9-24/h2-19H,20H2,1H3/b27-18-,30-19+,31-29-. The minimum atomic E-state index is -0.172. The Kier molecular flexibility index (Phi) is 7.47. The fraction of sp³-hybridized carbons (Fsp3) is 0.0690. The molecular weight excluding hydrogens is 486 g/mol. The van der Waals surface area contributed by atoms with E-state index in [4.69, 9.17) is 13.9 Å². The lowest BCUT2D eigenvalue weighted by Crippen LogP contribution is -2.28. The maximum Gasteiger partial charge on any atom is 0.267 e. The van der Waals surface area contributed by atoms with Gasteiger partial charge < -0.3 is 13.9 Å². The zero-order valence-electron chi connectivity index (χ0n) is 20.0. The van der Waals surface area contributed by atoms with Crippen molar-refractivity contribution in [2.75, 3.05) is 7.11 Å². The first-order valence-corrected chi connectivity index (χ1v) is 12.3. The molecule has 0 spiro atoms. The van der Waals surface area contributed by atoms with Gasteiger partial charge in [-0.15, -0.1) is 5.10 Å². The number of amides is 1. The van der Waals surface area contributed by atoms with Crippen LogP contribution in [0.1, 0.15) is 16.9 Å². The third-order valence-corrected chi connectivity index (χ3v) is 6.38. The van der Waals surface area contributed by atoms with Crippen molar-refractivity contribution in [3.05, 3.63) is 119 Å².